The van der Waals surface area contributed by atoms with Crippen molar-refractivity contribution < 1.29 is 24.0 Å². The number of ether oxygens (including phenoxy) is 2. The van der Waals surface area contributed by atoms with Crippen LogP contribution in [0.15, 0.2) is 29.7 Å². The van der Waals surface area contributed by atoms with Crippen LogP contribution in [0.3, 0.4) is 0 Å². The number of imidazole rings is 1. The van der Waals surface area contributed by atoms with Crippen LogP contribution >= 0.6 is 0 Å². The highest BCUT2D eigenvalue weighted by Crippen LogP contribution is 2.27. The van der Waals surface area contributed by atoms with Crippen LogP contribution in [-0.2, 0) is 27.2 Å². The van der Waals surface area contributed by atoms with Crippen LogP contribution in [0, 0.1) is 0 Å². The van der Waals surface area contributed by atoms with E-state index in [9.17, 15) is 9.90 Å². The Balaban J connectivity index is 1.47. The third kappa shape index (κ3) is 5.38. The Kier molecular flexibility index (Phi) is 7.19. The van der Waals surface area contributed by atoms with E-state index in [2.05, 4.69) is 15.5 Å². The quantitative estimate of drug-likeness (QED) is 0.446. The van der Waals surface area contributed by atoms with Crippen molar-refractivity contribution >= 4 is 24.5 Å². The first-order chi connectivity index (χ1) is 16.1. The molecule has 184 valence electrons. The molecule has 0 radical (unpaired) electrons. The van der Waals surface area contributed by atoms with Gasteiger partial charge in [0, 0.05) is 19.7 Å². The molecular weight excluding hydrogens is 433 g/mol. The van der Waals surface area contributed by atoms with Crippen molar-refractivity contribution in [3.05, 3.63) is 41.1 Å². The molecule has 0 spiro atoms. The molecule has 2 aliphatic rings. The van der Waals surface area contributed by atoms with Gasteiger partial charge in [0.25, 0.3) is 0 Å². The van der Waals surface area contributed by atoms with Crippen LogP contribution in [0.1, 0.15) is 56.7 Å². The third-order valence-electron chi connectivity index (χ3n) is 7.27. The summed E-state index contributed by atoms with van der Waals surface area (Å²) in [6, 6.07) is 5.52. The van der Waals surface area contributed by atoms with Crippen LogP contribution in [0.25, 0.3) is 11.0 Å². The maximum atomic E-state index is 12.1. The lowest BCUT2D eigenvalue weighted by Crippen LogP contribution is -2.48. The fourth-order valence-corrected chi connectivity index (χ4v) is 4.05. The van der Waals surface area contributed by atoms with Gasteiger partial charge in [-0.15, -0.1) is 0 Å². The summed E-state index contributed by atoms with van der Waals surface area (Å²) in [4.78, 5) is 19.3. The first kappa shape index (κ1) is 24.9. The molecule has 2 aromatic rings. The summed E-state index contributed by atoms with van der Waals surface area (Å²) in [6.45, 7) is 11.4. The molecule has 2 aliphatic heterocycles. The molecule has 0 amide bonds. The Labute approximate surface area is 202 Å². The van der Waals surface area contributed by atoms with Gasteiger partial charge in [-0.1, -0.05) is 11.5 Å². The number of methoxy groups -OCH3 is 1. The zero-order valence-corrected chi connectivity index (χ0v) is 21.0. The van der Waals surface area contributed by atoms with Crippen LogP contribution in [0.5, 0.6) is 0 Å². The second-order valence-electron chi connectivity index (χ2n) is 10.3. The van der Waals surface area contributed by atoms with E-state index < -0.39 is 11.2 Å². The molecule has 0 bridgehead atoms. The van der Waals surface area contributed by atoms with Crippen molar-refractivity contribution in [1.82, 2.24) is 14.5 Å². The lowest BCUT2D eigenvalue weighted by molar-refractivity contribution is -0.0897. The van der Waals surface area contributed by atoms with Crippen LogP contribution in [-0.4, -0.2) is 77.1 Å². The number of aliphatic hydroxyl groups is 1. The van der Waals surface area contributed by atoms with E-state index >= 15 is 0 Å². The summed E-state index contributed by atoms with van der Waals surface area (Å²) in [5.74, 6) is 0.628. The first-order valence-corrected chi connectivity index (χ1v) is 12.0. The van der Waals surface area contributed by atoms with E-state index in [-0.39, 0.29) is 12.1 Å². The molecule has 0 aliphatic carbocycles. The number of carbonyl (C=O) groups is 1. The molecule has 1 fully saturated rings. The minimum absolute atomic E-state index is 0.182. The molecule has 3 heterocycles. The Morgan fingerprint density at radius 1 is 1.32 bits per heavy atom. The van der Waals surface area contributed by atoms with Crippen molar-refractivity contribution in [1.29, 1.82) is 0 Å². The van der Waals surface area contributed by atoms with Gasteiger partial charge in [-0.05, 0) is 58.7 Å². The topological polar surface area (TPSA) is 86.0 Å². The van der Waals surface area contributed by atoms with E-state index in [1.165, 1.54) is 12.6 Å². The van der Waals surface area contributed by atoms with Gasteiger partial charge in [-0.2, -0.15) is 0 Å². The molecule has 0 unspecified atom stereocenters. The number of hydrogen-bond acceptors (Lipinski definition) is 7. The average Bonchev–Trinajstić information content (AvgIpc) is 3.10. The molecule has 8 nitrogen and oxygen atoms in total. The first-order valence-electron chi connectivity index (χ1n) is 12.0. The fraction of sp³-hybridized carbons (Fsp3) is 0.600. The van der Waals surface area contributed by atoms with E-state index in [0.717, 1.165) is 62.5 Å². The lowest BCUT2D eigenvalue weighted by Gasteiger charge is -2.38. The average molecular weight is 469 g/mol. The van der Waals surface area contributed by atoms with Gasteiger partial charge in [-0.3, -0.25) is 4.90 Å². The molecule has 1 aromatic heterocycles. The Morgan fingerprint density at radius 3 is 2.68 bits per heavy atom. The van der Waals surface area contributed by atoms with Gasteiger partial charge in [0.1, 0.15) is 5.82 Å². The van der Waals surface area contributed by atoms with Crippen molar-refractivity contribution in [2.75, 3.05) is 26.8 Å². The second-order valence-corrected chi connectivity index (χ2v) is 10.3. The minimum atomic E-state index is -0.911. The maximum absolute atomic E-state index is 12.1. The van der Waals surface area contributed by atoms with Crippen molar-refractivity contribution in [3.8, 4) is 0 Å². The van der Waals surface area contributed by atoms with Crippen LogP contribution in [0.4, 0.5) is 0 Å². The molecule has 1 aromatic carbocycles. The monoisotopic (exact) mass is 469 g/mol. The third-order valence-corrected chi connectivity index (χ3v) is 7.27. The summed E-state index contributed by atoms with van der Waals surface area (Å²) in [7, 11) is 1.92. The van der Waals surface area contributed by atoms with Gasteiger partial charge in [0.15, 0.2) is 0 Å². The highest BCUT2D eigenvalue weighted by molar-refractivity contribution is 6.38. The largest absolute Gasteiger partial charge is 0.465 e. The summed E-state index contributed by atoms with van der Waals surface area (Å²) >= 11 is 0. The smallest absolute Gasteiger partial charge is 0.337 e. The number of carbonyl (C=O) groups excluding carboxylic acids is 1. The minimum Gasteiger partial charge on any atom is -0.465 e. The van der Waals surface area contributed by atoms with Crippen LogP contribution in [0.2, 0.25) is 0 Å². The summed E-state index contributed by atoms with van der Waals surface area (Å²) < 4.78 is 18.8. The molecule has 4 rings (SSSR count). The predicted molar refractivity (Wildman–Crippen MR) is 132 cm³/mol. The number of esters is 1. The lowest BCUT2D eigenvalue weighted by atomic mass is 9.79. The van der Waals surface area contributed by atoms with Gasteiger partial charge >= 0.3 is 13.5 Å². The normalized spacial score (nSPS) is 19.6. The summed E-state index contributed by atoms with van der Waals surface area (Å²) in [5.41, 5.74) is 2.05. The predicted octanol–water partition coefficient (Wildman–Crippen LogP) is 2.62. The van der Waals surface area contributed by atoms with Gasteiger partial charge in [0.05, 0.1) is 54.1 Å². The molecule has 1 saturated heterocycles. The van der Waals surface area contributed by atoms with E-state index in [1.54, 1.807) is 19.9 Å². The number of nitrogens with zero attached hydrogens (tertiary/aromatic N) is 3. The number of aromatic nitrogens is 2. The Hall–Kier alpha value is -2.20. The van der Waals surface area contributed by atoms with Gasteiger partial charge < -0.3 is 23.8 Å². The summed E-state index contributed by atoms with van der Waals surface area (Å²) in [5, 5.41) is 10.3. The number of hydrogen-bond donors (Lipinski definition) is 1. The van der Waals surface area contributed by atoms with Crippen LogP contribution < -0.4 is 0 Å². The van der Waals surface area contributed by atoms with Gasteiger partial charge in [0.2, 0.25) is 0 Å². The number of benzene rings is 1. The number of rotatable bonds is 9. The number of fused-ring (bicyclic) bond motifs is 1. The molecular formula is C25H36BN3O5. The van der Waals surface area contributed by atoms with Crippen molar-refractivity contribution in [2.24, 2.45) is 0 Å². The highest BCUT2D eigenvalue weighted by Gasteiger charge is 2.36. The fourth-order valence-electron chi connectivity index (χ4n) is 4.05. The molecule has 34 heavy (non-hydrogen) atoms. The zero-order chi connectivity index (χ0) is 24.5. The highest BCUT2D eigenvalue weighted by atomic mass is 16.5. The van der Waals surface area contributed by atoms with Gasteiger partial charge in [-0.25, -0.2) is 9.78 Å². The van der Waals surface area contributed by atoms with E-state index in [0.29, 0.717) is 13.0 Å². The van der Waals surface area contributed by atoms with E-state index in [1.807, 2.05) is 26.0 Å². The molecule has 9 heteroatoms. The molecule has 1 N–H and O–H groups in total. The SMILES string of the molecule is COC(=O)c1ccc2nc(CN3CC=C(BOC(C)(C)C(C)(C)O)CC3)n(C[C@@H]3CCO3)c2c1. The Bertz CT molecular complexity index is 1070. The Morgan fingerprint density at radius 2 is 2.09 bits per heavy atom. The second kappa shape index (κ2) is 9.81. The van der Waals surface area contributed by atoms with Crippen molar-refractivity contribution in [3.63, 3.8) is 0 Å². The standard InChI is InChI=1S/C25H36BN3O5/c1-24(2,31)25(3,4)34-26-18-8-11-28(12-9-18)16-22-27-20-7-6-17(23(30)32-5)14-21(20)29(22)15-19-10-13-33-19/h6-8,14,19,26,31H,9-13,15-16H2,1-5H3/t19-/m0/s1. The zero-order valence-electron chi connectivity index (χ0n) is 21.0. The van der Waals surface area contributed by atoms with E-state index in [4.69, 9.17) is 19.1 Å². The summed E-state index contributed by atoms with van der Waals surface area (Å²) in [6.07, 6.45) is 4.36. The molecule has 0 saturated carbocycles. The maximum Gasteiger partial charge on any atom is 0.337 e. The van der Waals surface area contributed by atoms with Crippen molar-refractivity contribution in [2.45, 2.75) is 70.9 Å². The molecule has 1 atom stereocenters.